The molecule has 0 aromatic heterocycles. The van der Waals surface area contributed by atoms with E-state index in [1.54, 1.807) is 7.11 Å². The van der Waals surface area contributed by atoms with E-state index in [0.717, 1.165) is 30.0 Å². The summed E-state index contributed by atoms with van der Waals surface area (Å²) >= 11 is 0. The molecule has 2 aliphatic heterocycles. The van der Waals surface area contributed by atoms with Gasteiger partial charge in [-0.2, -0.15) is 0 Å². The maximum atomic E-state index is 7.99. The highest BCUT2D eigenvalue weighted by molar-refractivity contribution is 5.85. The minimum atomic E-state index is -0.147. The summed E-state index contributed by atoms with van der Waals surface area (Å²) in [4.78, 5) is 4.34. The summed E-state index contributed by atoms with van der Waals surface area (Å²) in [6.07, 6.45) is 14.8. The molecule has 6 heteroatoms. The lowest BCUT2D eigenvalue weighted by atomic mass is 9.73. The fraction of sp³-hybridized carbons (Fsp3) is 0.414. The summed E-state index contributed by atoms with van der Waals surface area (Å²) in [5.41, 5.74) is 8.25. The molecule has 0 amide bonds. The molecule has 2 aliphatic carbocycles. The van der Waals surface area contributed by atoms with E-state index in [2.05, 4.69) is 77.9 Å². The van der Waals surface area contributed by atoms with Gasteiger partial charge in [0.1, 0.15) is 0 Å². The predicted octanol–water partition coefficient (Wildman–Crippen LogP) is 3.93. The van der Waals surface area contributed by atoms with Crippen molar-refractivity contribution in [2.75, 3.05) is 40.9 Å². The number of methoxy groups -OCH3 is 1. The molecule has 3 N–H and O–H groups in total. The standard InChI is InChI=1S/C29H37N5O/c1-19(17-35-4)32-29-25-16-22-6-5-11-31-28(22)27(21-9-12-33(2)13-10-21)23-8-7-20(14-24(23)25)15-26(29)34(3)18-30/h5-8,11,14-16,18,21,27-32H,1,9-10,12-13,17H2,2-4H3. The Labute approximate surface area is 209 Å². The molecule has 0 saturated carbocycles. The van der Waals surface area contributed by atoms with E-state index in [0.29, 0.717) is 18.4 Å². The normalized spacial score (nSPS) is 25.7. The van der Waals surface area contributed by atoms with Gasteiger partial charge in [0.05, 0.1) is 25.0 Å². The number of fused-ring (bicyclic) bond motifs is 2. The van der Waals surface area contributed by atoms with Gasteiger partial charge in [0.2, 0.25) is 0 Å². The van der Waals surface area contributed by atoms with E-state index >= 15 is 0 Å². The fourth-order valence-electron chi connectivity index (χ4n) is 6.13. The van der Waals surface area contributed by atoms with Crippen LogP contribution < -0.4 is 10.6 Å². The van der Waals surface area contributed by atoms with E-state index in [1.165, 1.54) is 41.5 Å². The Bertz CT molecular complexity index is 1120. The van der Waals surface area contributed by atoms with Crippen LogP contribution in [0.5, 0.6) is 0 Å². The topological polar surface area (TPSA) is 63.6 Å². The first kappa shape index (κ1) is 23.6. The number of nitrogens with zero attached hydrogens (tertiary/aromatic N) is 2. The number of allylic oxidation sites excluding steroid dienone is 2. The number of likely N-dealkylation sites (tertiary alicyclic amines) is 1. The highest BCUT2D eigenvalue weighted by Gasteiger charge is 2.40. The summed E-state index contributed by atoms with van der Waals surface area (Å²) in [6, 6.07) is 7.04. The minimum Gasteiger partial charge on any atom is -0.383 e. The highest BCUT2D eigenvalue weighted by atomic mass is 16.5. The van der Waals surface area contributed by atoms with Crippen molar-refractivity contribution in [2.24, 2.45) is 5.92 Å². The van der Waals surface area contributed by atoms with Gasteiger partial charge in [-0.05, 0) is 91.2 Å². The van der Waals surface area contributed by atoms with Crippen LogP contribution in [0.3, 0.4) is 0 Å². The van der Waals surface area contributed by atoms with Crippen LogP contribution in [-0.2, 0) is 4.74 Å². The molecule has 1 aromatic carbocycles. The molecule has 6 nitrogen and oxygen atoms in total. The number of nitrogens with one attached hydrogen (secondary N) is 3. The van der Waals surface area contributed by atoms with Crippen LogP contribution in [-0.4, -0.2) is 69.1 Å². The molecule has 0 radical (unpaired) electrons. The molecular weight excluding hydrogens is 434 g/mol. The van der Waals surface area contributed by atoms with E-state index in [9.17, 15) is 0 Å². The first-order valence-corrected chi connectivity index (χ1v) is 12.6. The number of likely N-dealkylation sites (N-methyl/N-ethyl adjacent to an activating group) is 1. The van der Waals surface area contributed by atoms with Crippen LogP contribution in [0.2, 0.25) is 0 Å². The summed E-state index contributed by atoms with van der Waals surface area (Å²) in [6.45, 7) is 6.95. The van der Waals surface area contributed by atoms with Crippen LogP contribution in [0.25, 0.3) is 11.6 Å². The maximum absolute atomic E-state index is 7.99. The second kappa shape index (κ2) is 9.88. The van der Waals surface area contributed by atoms with Crippen molar-refractivity contribution in [1.82, 2.24) is 20.4 Å². The van der Waals surface area contributed by atoms with Crippen LogP contribution in [0.15, 0.2) is 66.2 Å². The van der Waals surface area contributed by atoms with Crippen molar-refractivity contribution in [2.45, 2.75) is 30.8 Å². The van der Waals surface area contributed by atoms with E-state index in [1.807, 2.05) is 11.9 Å². The molecule has 35 heavy (non-hydrogen) atoms. The van der Waals surface area contributed by atoms with Gasteiger partial charge in [0.15, 0.2) is 0 Å². The SMILES string of the molecule is C=C(COC)NC1C2=CC3=CC=CNC3C(C3CCN(C)CC3)c3ccc(cc32)C=C1N(C)C=N. The average molecular weight is 472 g/mol. The molecule has 1 saturated heterocycles. The number of hydrogen-bond donors (Lipinski definition) is 3. The number of benzene rings is 1. The van der Waals surface area contributed by atoms with Crippen molar-refractivity contribution in [3.05, 3.63) is 82.9 Å². The van der Waals surface area contributed by atoms with E-state index in [-0.39, 0.29) is 12.1 Å². The lowest BCUT2D eigenvalue weighted by Crippen LogP contribution is -2.41. The summed E-state index contributed by atoms with van der Waals surface area (Å²) in [5.74, 6) is 1.01. The number of rotatable bonds is 7. The van der Waals surface area contributed by atoms with Gasteiger partial charge < -0.3 is 25.2 Å². The first-order valence-electron chi connectivity index (χ1n) is 12.6. The van der Waals surface area contributed by atoms with Gasteiger partial charge in [0.25, 0.3) is 0 Å². The molecule has 3 atom stereocenters. The number of piperidine rings is 1. The zero-order valence-electron chi connectivity index (χ0n) is 21.1. The molecule has 5 rings (SSSR count). The van der Waals surface area contributed by atoms with Crippen LogP contribution in [0.4, 0.5) is 0 Å². The number of hydrogen-bond acceptors (Lipinski definition) is 5. The van der Waals surface area contributed by atoms with Crippen molar-refractivity contribution in [3.8, 4) is 0 Å². The smallest absolute Gasteiger partial charge is 0.0924 e. The number of ether oxygens (including phenoxy) is 1. The Morgan fingerprint density at radius 1 is 1.31 bits per heavy atom. The average Bonchev–Trinajstić information content (AvgIpc) is 3.07. The zero-order valence-corrected chi connectivity index (χ0v) is 21.1. The van der Waals surface area contributed by atoms with Crippen molar-refractivity contribution in [3.63, 3.8) is 0 Å². The van der Waals surface area contributed by atoms with Crippen LogP contribution in [0.1, 0.15) is 35.4 Å². The summed E-state index contributed by atoms with van der Waals surface area (Å²) in [7, 11) is 5.86. The number of dihydropyridines is 1. The molecule has 184 valence electrons. The van der Waals surface area contributed by atoms with Gasteiger partial charge in [-0.25, -0.2) is 0 Å². The molecule has 1 fully saturated rings. The Hall–Kier alpha value is -3.09. The van der Waals surface area contributed by atoms with Gasteiger partial charge in [-0.1, -0.05) is 30.9 Å². The fourth-order valence-corrected chi connectivity index (χ4v) is 6.13. The molecule has 3 unspecified atom stereocenters. The summed E-state index contributed by atoms with van der Waals surface area (Å²) in [5, 5.41) is 15.4. The predicted molar refractivity (Wildman–Crippen MR) is 144 cm³/mol. The van der Waals surface area contributed by atoms with E-state index in [4.69, 9.17) is 10.1 Å². The van der Waals surface area contributed by atoms with Crippen LogP contribution >= 0.6 is 0 Å². The van der Waals surface area contributed by atoms with E-state index < -0.39 is 0 Å². The Kier molecular flexibility index (Phi) is 6.67. The first-order chi connectivity index (χ1) is 17.0. The molecule has 4 aliphatic rings. The Morgan fingerprint density at radius 2 is 2.11 bits per heavy atom. The molecule has 2 heterocycles. The van der Waals surface area contributed by atoms with Gasteiger partial charge in [-0.15, -0.1) is 0 Å². The molecule has 1 aromatic rings. The Balaban J connectivity index is 1.67. The van der Waals surface area contributed by atoms with Gasteiger partial charge in [0, 0.05) is 31.5 Å². The zero-order chi connectivity index (χ0) is 24.5. The lowest BCUT2D eigenvalue weighted by Gasteiger charge is -2.39. The van der Waals surface area contributed by atoms with Crippen molar-refractivity contribution in [1.29, 1.82) is 5.41 Å². The lowest BCUT2D eigenvalue weighted by molar-refractivity contribution is 0.188. The monoisotopic (exact) mass is 471 g/mol. The van der Waals surface area contributed by atoms with Gasteiger partial charge >= 0.3 is 0 Å². The quantitative estimate of drug-likeness (QED) is 0.415. The third-order valence-corrected chi connectivity index (χ3v) is 7.91. The van der Waals surface area contributed by atoms with Gasteiger partial charge in [-0.3, -0.25) is 5.41 Å². The van der Waals surface area contributed by atoms with Crippen molar-refractivity contribution >= 4 is 18.0 Å². The Morgan fingerprint density at radius 3 is 2.86 bits per heavy atom. The summed E-state index contributed by atoms with van der Waals surface area (Å²) < 4.78 is 5.37. The highest BCUT2D eigenvalue weighted by Crippen LogP contribution is 2.46. The molecular formula is C29H37N5O. The largest absolute Gasteiger partial charge is 0.383 e. The molecule has 2 bridgehead atoms. The molecule has 0 spiro atoms. The second-order valence-electron chi connectivity index (χ2n) is 10.2. The third kappa shape index (κ3) is 4.48. The van der Waals surface area contributed by atoms with Crippen LogP contribution in [0, 0.1) is 11.3 Å². The third-order valence-electron chi connectivity index (χ3n) is 7.91. The second-order valence-corrected chi connectivity index (χ2v) is 10.2. The minimum absolute atomic E-state index is 0.147. The maximum Gasteiger partial charge on any atom is 0.0924 e. The van der Waals surface area contributed by atoms with Crippen molar-refractivity contribution < 1.29 is 4.74 Å².